The number of nitrogens with zero attached hydrogens (tertiary/aromatic N) is 2. The van der Waals surface area contributed by atoms with Crippen LogP contribution in [0.5, 0.6) is 0 Å². The number of H-pyrrole nitrogens is 1. The molecule has 1 saturated heterocycles. The summed E-state index contributed by atoms with van der Waals surface area (Å²) in [5.41, 5.74) is 3.23. The number of imidazole rings is 1. The molecule has 1 aromatic carbocycles. The van der Waals surface area contributed by atoms with Gasteiger partial charge in [-0.15, -0.1) is 0 Å². The molecule has 2 aromatic rings. The second-order valence-corrected chi connectivity index (χ2v) is 6.15. The first kappa shape index (κ1) is 15.8. The third-order valence-corrected chi connectivity index (χ3v) is 4.32. The number of amides is 1. The lowest BCUT2D eigenvalue weighted by Gasteiger charge is -2.31. The highest BCUT2D eigenvalue weighted by molar-refractivity contribution is 5.80. The molecule has 1 aromatic heterocycles. The van der Waals surface area contributed by atoms with Gasteiger partial charge in [0.15, 0.2) is 0 Å². The fraction of sp³-hybridized carbons (Fsp3) is 0.529. The number of methoxy groups -OCH3 is 1. The summed E-state index contributed by atoms with van der Waals surface area (Å²) in [5.74, 6) is 0.981. The molecule has 6 heteroatoms. The molecule has 1 fully saturated rings. The first-order chi connectivity index (χ1) is 11.2. The lowest BCUT2D eigenvalue weighted by Crippen LogP contribution is -2.44. The third kappa shape index (κ3) is 3.64. The fourth-order valence-corrected chi connectivity index (χ4v) is 3.06. The van der Waals surface area contributed by atoms with E-state index in [1.165, 1.54) is 5.56 Å². The van der Waals surface area contributed by atoms with Crippen molar-refractivity contribution >= 4 is 22.9 Å². The number of aromatic nitrogens is 2. The summed E-state index contributed by atoms with van der Waals surface area (Å²) in [4.78, 5) is 22.5. The molecule has 124 valence electrons. The highest BCUT2D eigenvalue weighted by atomic mass is 16.5. The van der Waals surface area contributed by atoms with Gasteiger partial charge >= 0.3 is 0 Å². The van der Waals surface area contributed by atoms with E-state index in [2.05, 4.69) is 39.2 Å². The number of hydrogen-bond donors (Lipinski definition) is 2. The van der Waals surface area contributed by atoms with Gasteiger partial charge in [-0.05, 0) is 37.5 Å². The molecule has 0 bridgehead atoms. The van der Waals surface area contributed by atoms with Crippen LogP contribution in [0.3, 0.4) is 0 Å². The van der Waals surface area contributed by atoms with Crippen LogP contribution in [0.4, 0.5) is 5.95 Å². The smallest absolute Gasteiger partial charge is 0.224 e. The Labute approximate surface area is 136 Å². The second-order valence-electron chi connectivity index (χ2n) is 6.15. The fourth-order valence-electron chi connectivity index (χ4n) is 3.06. The SMILES string of the molecule is COCCNC(=O)[C@@H]1CCCN(c2nc3ccc(C)cc3[nH]2)C1. The molecule has 0 saturated carbocycles. The van der Waals surface area contributed by atoms with Gasteiger partial charge in [-0.3, -0.25) is 4.79 Å². The zero-order valence-corrected chi connectivity index (χ0v) is 13.8. The zero-order chi connectivity index (χ0) is 16.2. The van der Waals surface area contributed by atoms with Crippen LogP contribution in [0.25, 0.3) is 11.0 Å². The number of ether oxygens (including phenoxy) is 1. The molecular formula is C17H24N4O2. The van der Waals surface area contributed by atoms with Crippen molar-refractivity contribution in [1.82, 2.24) is 15.3 Å². The zero-order valence-electron chi connectivity index (χ0n) is 13.8. The van der Waals surface area contributed by atoms with Crippen molar-refractivity contribution in [3.8, 4) is 0 Å². The Balaban J connectivity index is 1.68. The third-order valence-electron chi connectivity index (χ3n) is 4.32. The van der Waals surface area contributed by atoms with E-state index in [0.717, 1.165) is 36.4 Å². The van der Waals surface area contributed by atoms with E-state index in [1.807, 2.05) is 6.07 Å². The number of rotatable bonds is 5. The largest absolute Gasteiger partial charge is 0.383 e. The quantitative estimate of drug-likeness (QED) is 0.826. The van der Waals surface area contributed by atoms with Crippen molar-refractivity contribution < 1.29 is 9.53 Å². The van der Waals surface area contributed by atoms with Crippen molar-refractivity contribution in [1.29, 1.82) is 0 Å². The molecule has 1 aliphatic heterocycles. The van der Waals surface area contributed by atoms with E-state index >= 15 is 0 Å². The maximum atomic E-state index is 12.2. The Morgan fingerprint density at radius 2 is 2.39 bits per heavy atom. The Bertz CT molecular complexity index is 682. The molecule has 0 spiro atoms. The minimum atomic E-state index is 0.00977. The van der Waals surface area contributed by atoms with Crippen LogP contribution in [0.15, 0.2) is 18.2 Å². The second kappa shape index (κ2) is 7.00. The number of piperidine rings is 1. The van der Waals surface area contributed by atoms with E-state index in [1.54, 1.807) is 7.11 Å². The van der Waals surface area contributed by atoms with Crippen molar-refractivity contribution in [2.45, 2.75) is 19.8 Å². The van der Waals surface area contributed by atoms with Gasteiger partial charge in [0.05, 0.1) is 23.6 Å². The Morgan fingerprint density at radius 1 is 1.52 bits per heavy atom. The highest BCUT2D eigenvalue weighted by Crippen LogP contribution is 2.24. The van der Waals surface area contributed by atoms with Gasteiger partial charge in [0.25, 0.3) is 0 Å². The summed E-state index contributed by atoms with van der Waals surface area (Å²) < 4.78 is 4.97. The highest BCUT2D eigenvalue weighted by Gasteiger charge is 2.27. The van der Waals surface area contributed by atoms with Crippen LogP contribution >= 0.6 is 0 Å². The van der Waals surface area contributed by atoms with Crippen molar-refractivity contribution in [3.63, 3.8) is 0 Å². The van der Waals surface area contributed by atoms with E-state index in [0.29, 0.717) is 19.7 Å². The molecule has 0 aliphatic carbocycles. The van der Waals surface area contributed by atoms with Crippen LogP contribution < -0.4 is 10.2 Å². The van der Waals surface area contributed by atoms with E-state index < -0.39 is 0 Å². The van der Waals surface area contributed by atoms with Gasteiger partial charge in [-0.1, -0.05) is 6.07 Å². The molecule has 0 radical (unpaired) electrons. The molecule has 1 atom stereocenters. The number of benzene rings is 1. The van der Waals surface area contributed by atoms with Gasteiger partial charge in [0.2, 0.25) is 11.9 Å². The molecule has 1 aliphatic rings. The molecule has 2 N–H and O–H groups in total. The van der Waals surface area contributed by atoms with Gasteiger partial charge in [0.1, 0.15) is 0 Å². The average Bonchev–Trinajstić information content (AvgIpc) is 2.98. The maximum absolute atomic E-state index is 12.2. The normalized spacial score (nSPS) is 18.3. The molecule has 6 nitrogen and oxygen atoms in total. The lowest BCUT2D eigenvalue weighted by atomic mass is 9.97. The maximum Gasteiger partial charge on any atom is 0.224 e. The number of anilines is 1. The summed E-state index contributed by atoms with van der Waals surface area (Å²) in [6, 6.07) is 6.20. The number of carbonyl (C=O) groups is 1. The monoisotopic (exact) mass is 316 g/mol. The molecule has 3 rings (SSSR count). The Morgan fingerprint density at radius 3 is 3.22 bits per heavy atom. The van der Waals surface area contributed by atoms with E-state index in [9.17, 15) is 4.79 Å². The average molecular weight is 316 g/mol. The van der Waals surface area contributed by atoms with Gasteiger partial charge in [0, 0.05) is 26.7 Å². The molecule has 1 amide bonds. The summed E-state index contributed by atoms with van der Waals surface area (Å²) in [6.07, 6.45) is 1.92. The first-order valence-electron chi connectivity index (χ1n) is 8.15. The van der Waals surface area contributed by atoms with Gasteiger partial charge in [-0.2, -0.15) is 0 Å². The first-order valence-corrected chi connectivity index (χ1v) is 8.15. The minimum Gasteiger partial charge on any atom is -0.383 e. The summed E-state index contributed by atoms with van der Waals surface area (Å²) in [6.45, 7) is 4.82. The predicted molar refractivity (Wildman–Crippen MR) is 90.7 cm³/mol. The number of aryl methyl sites for hydroxylation is 1. The predicted octanol–water partition coefficient (Wildman–Crippen LogP) is 1.85. The topological polar surface area (TPSA) is 70.2 Å². The minimum absolute atomic E-state index is 0.00977. The lowest BCUT2D eigenvalue weighted by molar-refractivity contribution is -0.125. The summed E-state index contributed by atoms with van der Waals surface area (Å²) >= 11 is 0. The van der Waals surface area contributed by atoms with Crippen LogP contribution in [-0.4, -0.2) is 49.2 Å². The number of aromatic amines is 1. The Kier molecular flexibility index (Phi) is 4.81. The Hall–Kier alpha value is -2.08. The number of carbonyl (C=O) groups excluding carboxylic acids is 1. The van der Waals surface area contributed by atoms with Crippen molar-refractivity contribution in [2.24, 2.45) is 5.92 Å². The van der Waals surface area contributed by atoms with Crippen LogP contribution in [0.1, 0.15) is 18.4 Å². The van der Waals surface area contributed by atoms with Crippen LogP contribution in [0, 0.1) is 12.8 Å². The molecular weight excluding hydrogens is 292 g/mol. The van der Waals surface area contributed by atoms with Crippen molar-refractivity contribution in [2.75, 3.05) is 38.3 Å². The van der Waals surface area contributed by atoms with E-state index in [4.69, 9.17) is 4.74 Å². The molecule has 2 heterocycles. The number of nitrogens with one attached hydrogen (secondary N) is 2. The van der Waals surface area contributed by atoms with Gasteiger partial charge in [-0.25, -0.2) is 4.98 Å². The standard InChI is InChI=1S/C17H24N4O2/c1-12-5-6-14-15(10-12)20-17(19-14)21-8-3-4-13(11-21)16(22)18-7-9-23-2/h5-6,10,13H,3-4,7-9,11H2,1-2H3,(H,18,22)(H,19,20)/t13-/m1/s1. The van der Waals surface area contributed by atoms with Crippen LogP contribution in [0.2, 0.25) is 0 Å². The molecule has 23 heavy (non-hydrogen) atoms. The number of fused-ring (bicyclic) bond motifs is 1. The van der Waals surface area contributed by atoms with Gasteiger partial charge < -0.3 is 19.9 Å². The summed E-state index contributed by atoms with van der Waals surface area (Å²) in [7, 11) is 1.64. The molecule has 0 unspecified atom stereocenters. The van der Waals surface area contributed by atoms with Crippen LogP contribution in [-0.2, 0) is 9.53 Å². The van der Waals surface area contributed by atoms with Crippen molar-refractivity contribution in [3.05, 3.63) is 23.8 Å². The summed E-state index contributed by atoms with van der Waals surface area (Å²) in [5, 5.41) is 2.94. The van der Waals surface area contributed by atoms with E-state index in [-0.39, 0.29) is 11.8 Å². The number of hydrogen-bond acceptors (Lipinski definition) is 4.